The van der Waals surface area contributed by atoms with Gasteiger partial charge in [-0.2, -0.15) is 0 Å². The molecule has 0 saturated carbocycles. The van der Waals surface area contributed by atoms with Gasteiger partial charge in [0.15, 0.2) is 0 Å². The Morgan fingerprint density at radius 2 is 1.35 bits per heavy atom. The van der Waals surface area contributed by atoms with Gasteiger partial charge in [-0.3, -0.25) is 4.90 Å². The van der Waals surface area contributed by atoms with Crippen LogP contribution in [-0.4, -0.2) is 30.1 Å². The minimum absolute atomic E-state index is 0.352. The smallest absolute Gasteiger partial charge is 0.0297 e. The largest absolute Gasteiger partial charge is 0.325 e. The molecule has 2 heteroatoms. The van der Waals surface area contributed by atoms with E-state index in [9.17, 15) is 0 Å². The molecule has 0 aliphatic carbocycles. The number of hydrogen-bond acceptors (Lipinski definition) is 2. The average Bonchev–Trinajstić information content (AvgIpc) is 2.46. The van der Waals surface area contributed by atoms with E-state index in [1.165, 1.54) is 11.1 Å². The van der Waals surface area contributed by atoms with Crippen molar-refractivity contribution in [2.24, 2.45) is 5.73 Å². The molecule has 20 heavy (non-hydrogen) atoms. The molecule has 2 N–H and O–H groups in total. The lowest BCUT2D eigenvalue weighted by atomic mass is 9.83. The number of nitrogens with zero attached hydrogens (tertiary/aromatic N) is 1. The summed E-state index contributed by atoms with van der Waals surface area (Å²) in [4.78, 5) is 2.48. The SMILES string of the molecule is CC(C(c1ccccc1)c1ccccc1)N1CC(N)C1. The van der Waals surface area contributed by atoms with Crippen LogP contribution in [0.3, 0.4) is 0 Å². The number of likely N-dealkylation sites (tertiary alicyclic amines) is 1. The molecular formula is C18H22N2. The fourth-order valence-corrected chi connectivity index (χ4v) is 3.16. The summed E-state index contributed by atoms with van der Waals surface area (Å²) in [7, 11) is 0. The number of nitrogens with two attached hydrogens (primary N) is 1. The normalized spacial score (nSPS) is 17.9. The van der Waals surface area contributed by atoms with Crippen molar-refractivity contribution >= 4 is 0 Å². The maximum Gasteiger partial charge on any atom is 0.0297 e. The van der Waals surface area contributed by atoms with Crippen LogP contribution in [0, 0.1) is 0 Å². The fourth-order valence-electron chi connectivity index (χ4n) is 3.16. The van der Waals surface area contributed by atoms with Crippen LogP contribution in [0.25, 0.3) is 0 Å². The molecule has 2 aromatic rings. The summed E-state index contributed by atoms with van der Waals surface area (Å²) in [5.41, 5.74) is 8.70. The topological polar surface area (TPSA) is 29.3 Å². The molecule has 1 aliphatic heterocycles. The van der Waals surface area contributed by atoms with Crippen molar-refractivity contribution in [2.75, 3.05) is 13.1 Å². The van der Waals surface area contributed by atoms with E-state index in [-0.39, 0.29) is 0 Å². The summed E-state index contributed by atoms with van der Waals surface area (Å²) in [6, 6.07) is 22.4. The monoisotopic (exact) mass is 266 g/mol. The lowest BCUT2D eigenvalue weighted by Gasteiger charge is -2.44. The second-order valence-corrected chi connectivity index (χ2v) is 5.75. The summed E-state index contributed by atoms with van der Waals surface area (Å²) in [5.74, 6) is 0.407. The van der Waals surface area contributed by atoms with Crippen molar-refractivity contribution in [1.29, 1.82) is 0 Å². The average molecular weight is 266 g/mol. The lowest BCUT2D eigenvalue weighted by Crippen LogP contribution is -2.59. The van der Waals surface area contributed by atoms with Gasteiger partial charge in [-0.15, -0.1) is 0 Å². The molecule has 1 heterocycles. The van der Waals surface area contributed by atoms with E-state index in [1.807, 2.05) is 0 Å². The molecular weight excluding hydrogens is 244 g/mol. The molecule has 1 aliphatic rings. The zero-order valence-corrected chi connectivity index (χ0v) is 11.9. The molecule has 3 rings (SSSR count). The van der Waals surface area contributed by atoms with Gasteiger partial charge in [0.05, 0.1) is 0 Å². The van der Waals surface area contributed by atoms with Crippen LogP contribution in [0.5, 0.6) is 0 Å². The van der Waals surface area contributed by atoms with Crippen molar-refractivity contribution in [3.05, 3.63) is 71.8 Å². The van der Waals surface area contributed by atoms with E-state index >= 15 is 0 Å². The Balaban J connectivity index is 1.92. The molecule has 0 aromatic heterocycles. The van der Waals surface area contributed by atoms with Crippen LogP contribution in [-0.2, 0) is 0 Å². The van der Waals surface area contributed by atoms with Crippen LogP contribution in [0.15, 0.2) is 60.7 Å². The molecule has 1 saturated heterocycles. The van der Waals surface area contributed by atoms with Crippen molar-refractivity contribution in [2.45, 2.75) is 24.9 Å². The van der Waals surface area contributed by atoms with Crippen LogP contribution in [0.4, 0.5) is 0 Å². The Morgan fingerprint density at radius 3 is 1.75 bits per heavy atom. The highest BCUT2D eigenvalue weighted by atomic mass is 15.2. The van der Waals surface area contributed by atoms with Gasteiger partial charge in [-0.1, -0.05) is 60.7 Å². The van der Waals surface area contributed by atoms with Crippen molar-refractivity contribution < 1.29 is 0 Å². The first-order valence-electron chi connectivity index (χ1n) is 7.35. The van der Waals surface area contributed by atoms with E-state index < -0.39 is 0 Å². The van der Waals surface area contributed by atoms with Gasteiger partial charge in [-0.25, -0.2) is 0 Å². The van der Waals surface area contributed by atoms with Gasteiger partial charge in [-0.05, 0) is 18.1 Å². The third-order valence-corrected chi connectivity index (χ3v) is 4.31. The minimum atomic E-state index is 0.352. The molecule has 104 valence electrons. The third-order valence-electron chi connectivity index (χ3n) is 4.31. The van der Waals surface area contributed by atoms with Crippen molar-refractivity contribution in [3.8, 4) is 0 Å². The van der Waals surface area contributed by atoms with Crippen LogP contribution < -0.4 is 5.73 Å². The highest BCUT2D eigenvalue weighted by Crippen LogP contribution is 2.32. The van der Waals surface area contributed by atoms with Gasteiger partial charge in [0, 0.05) is 31.1 Å². The maximum atomic E-state index is 5.94. The summed E-state index contributed by atoms with van der Waals surface area (Å²) >= 11 is 0. The maximum absolute atomic E-state index is 5.94. The molecule has 2 nitrogen and oxygen atoms in total. The van der Waals surface area contributed by atoms with E-state index in [0.717, 1.165) is 13.1 Å². The molecule has 0 amide bonds. The van der Waals surface area contributed by atoms with Crippen LogP contribution in [0.2, 0.25) is 0 Å². The van der Waals surface area contributed by atoms with Gasteiger partial charge >= 0.3 is 0 Å². The number of rotatable bonds is 4. The second-order valence-electron chi connectivity index (χ2n) is 5.75. The summed E-state index contributed by atoms with van der Waals surface area (Å²) in [5, 5.41) is 0. The standard InChI is InChI=1S/C18H22N2/c1-14(20-12-17(19)13-20)18(15-8-4-2-5-9-15)16-10-6-3-7-11-16/h2-11,14,17-18H,12-13,19H2,1H3. The Labute approximate surface area is 121 Å². The number of hydrogen-bond donors (Lipinski definition) is 1. The molecule has 1 atom stereocenters. The van der Waals surface area contributed by atoms with E-state index in [2.05, 4.69) is 72.5 Å². The Morgan fingerprint density at radius 1 is 0.900 bits per heavy atom. The van der Waals surface area contributed by atoms with E-state index in [1.54, 1.807) is 0 Å². The first-order chi connectivity index (χ1) is 9.75. The molecule has 0 bridgehead atoms. The zero-order chi connectivity index (χ0) is 13.9. The Hall–Kier alpha value is -1.64. The van der Waals surface area contributed by atoms with Crippen LogP contribution in [0.1, 0.15) is 24.0 Å². The lowest BCUT2D eigenvalue weighted by molar-refractivity contribution is 0.0941. The third kappa shape index (κ3) is 2.62. The molecule has 0 spiro atoms. The highest BCUT2D eigenvalue weighted by Gasteiger charge is 2.33. The molecule has 1 unspecified atom stereocenters. The molecule has 0 radical (unpaired) electrons. The fraction of sp³-hybridized carbons (Fsp3) is 0.333. The first kappa shape index (κ1) is 13.3. The summed E-state index contributed by atoms with van der Waals surface area (Å²) in [6.07, 6.45) is 0. The summed E-state index contributed by atoms with van der Waals surface area (Å²) in [6.45, 7) is 4.34. The van der Waals surface area contributed by atoms with Crippen molar-refractivity contribution in [3.63, 3.8) is 0 Å². The highest BCUT2D eigenvalue weighted by molar-refractivity contribution is 5.34. The summed E-state index contributed by atoms with van der Waals surface area (Å²) < 4.78 is 0. The van der Waals surface area contributed by atoms with Gasteiger partial charge < -0.3 is 5.73 Å². The number of benzene rings is 2. The molecule has 1 fully saturated rings. The Kier molecular flexibility index (Phi) is 3.86. The molecule has 2 aromatic carbocycles. The predicted octanol–water partition coefficient (Wildman–Crippen LogP) is 2.85. The second kappa shape index (κ2) is 5.78. The van der Waals surface area contributed by atoms with Gasteiger partial charge in [0.25, 0.3) is 0 Å². The van der Waals surface area contributed by atoms with Gasteiger partial charge in [0.1, 0.15) is 0 Å². The van der Waals surface area contributed by atoms with Crippen molar-refractivity contribution in [1.82, 2.24) is 4.90 Å². The predicted molar refractivity (Wildman–Crippen MR) is 83.7 cm³/mol. The van der Waals surface area contributed by atoms with Crippen LogP contribution >= 0.6 is 0 Å². The van der Waals surface area contributed by atoms with E-state index in [4.69, 9.17) is 5.73 Å². The van der Waals surface area contributed by atoms with E-state index in [0.29, 0.717) is 18.0 Å². The minimum Gasteiger partial charge on any atom is -0.325 e. The Bertz CT molecular complexity index is 492. The quantitative estimate of drug-likeness (QED) is 0.922. The zero-order valence-electron chi connectivity index (χ0n) is 11.9. The first-order valence-corrected chi connectivity index (χ1v) is 7.35. The van der Waals surface area contributed by atoms with Gasteiger partial charge in [0.2, 0.25) is 0 Å².